The quantitative estimate of drug-likeness (QED) is 0.412. The SMILES string of the molecule is O=C(NCC(O)C(O)c1c(F)cccc1I)OCC1c2ccccc2-c2ccccc21. The highest BCUT2D eigenvalue weighted by Gasteiger charge is 2.29. The molecule has 3 N–H and O–H groups in total. The first kappa shape index (κ1) is 21.7. The zero-order valence-electron chi connectivity index (χ0n) is 16.5. The van der Waals surface area contributed by atoms with Crippen LogP contribution in [-0.2, 0) is 4.74 Å². The van der Waals surface area contributed by atoms with Crippen molar-refractivity contribution in [3.63, 3.8) is 0 Å². The lowest BCUT2D eigenvalue weighted by Crippen LogP contribution is -2.36. The minimum atomic E-state index is -1.47. The molecular formula is C24H21FINO4. The van der Waals surface area contributed by atoms with Gasteiger partial charge in [0, 0.05) is 21.6 Å². The van der Waals surface area contributed by atoms with E-state index in [1.807, 2.05) is 59.0 Å². The van der Waals surface area contributed by atoms with Crippen molar-refractivity contribution < 1.29 is 24.1 Å². The van der Waals surface area contributed by atoms with E-state index in [2.05, 4.69) is 17.4 Å². The molecule has 0 bridgehead atoms. The normalized spacial score (nSPS) is 14.5. The zero-order chi connectivity index (χ0) is 22.0. The molecule has 0 aliphatic heterocycles. The number of hydrogen-bond donors (Lipinski definition) is 3. The molecule has 0 radical (unpaired) electrons. The molecule has 4 rings (SSSR count). The second kappa shape index (κ2) is 9.33. The molecule has 0 heterocycles. The van der Waals surface area contributed by atoms with E-state index in [-0.39, 0.29) is 24.6 Å². The Labute approximate surface area is 193 Å². The average molecular weight is 533 g/mol. The van der Waals surface area contributed by atoms with Gasteiger partial charge in [0.25, 0.3) is 0 Å². The number of carbonyl (C=O) groups excluding carboxylic acids is 1. The first-order valence-corrected chi connectivity index (χ1v) is 10.9. The van der Waals surface area contributed by atoms with Gasteiger partial charge in [0.05, 0.1) is 0 Å². The minimum Gasteiger partial charge on any atom is -0.449 e. The number of hydrogen-bond acceptors (Lipinski definition) is 4. The van der Waals surface area contributed by atoms with Crippen LogP contribution in [0.4, 0.5) is 9.18 Å². The summed E-state index contributed by atoms with van der Waals surface area (Å²) >= 11 is 1.89. The van der Waals surface area contributed by atoms with Gasteiger partial charge in [-0.3, -0.25) is 0 Å². The molecule has 2 atom stereocenters. The maximum absolute atomic E-state index is 14.0. The molecule has 3 aromatic carbocycles. The summed E-state index contributed by atoms with van der Waals surface area (Å²) in [5.41, 5.74) is 4.46. The highest BCUT2D eigenvalue weighted by Crippen LogP contribution is 2.44. The van der Waals surface area contributed by atoms with E-state index < -0.39 is 24.1 Å². The molecule has 0 saturated heterocycles. The van der Waals surface area contributed by atoms with Gasteiger partial charge in [-0.05, 0) is 57.0 Å². The first-order chi connectivity index (χ1) is 15.0. The fourth-order valence-corrected chi connectivity index (χ4v) is 4.72. The molecule has 31 heavy (non-hydrogen) atoms. The van der Waals surface area contributed by atoms with Crippen LogP contribution in [0.3, 0.4) is 0 Å². The Bertz CT molecular complexity index is 1040. The zero-order valence-corrected chi connectivity index (χ0v) is 18.6. The third kappa shape index (κ3) is 4.44. The number of nitrogens with one attached hydrogen (secondary N) is 1. The summed E-state index contributed by atoms with van der Waals surface area (Å²) in [6.07, 6.45) is -3.57. The lowest BCUT2D eigenvalue weighted by Gasteiger charge is -2.20. The summed E-state index contributed by atoms with van der Waals surface area (Å²) in [5.74, 6) is -0.687. The summed E-state index contributed by atoms with van der Waals surface area (Å²) in [4.78, 5) is 12.2. The molecule has 0 saturated carbocycles. The van der Waals surface area contributed by atoms with Crippen LogP contribution in [0.25, 0.3) is 11.1 Å². The molecule has 1 amide bonds. The second-order valence-electron chi connectivity index (χ2n) is 7.35. The Morgan fingerprint density at radius 3 is 2.23 bits per heavy atom. The molecule has 0 aromatic heterocycles. The maximum atomic E-state index is 14.0. The average Bonchev–Trinajstić information content (AvgIpc) is 3.09. The van der Waals surface area contributed by atoms with Crippen molar-refractivity contribution in [3.05, 3.63) is 92.8 Å². The van der Waals surface area contributed by atoms with Crippen LogP contribution in [0, 0.1) is 9.39 Å². The van der Waals surface area contributed by atoms with Crippen LogP contribution < -0.4 is 5.32 Å². The highest BCUT2D eigenvalue weighted by atomic mass is 127. The number of carbonyl (C=O) groups is 1. The lowest BCUT2D eigenvalue weighted by atomic mass is 9.98. The number of amides is 1. The number of aliphatic hydroxyl groups is 2. The Hall–Kier alpha value is -2.49. The third-order valence-electron chi connectivity index (χ3n) is 5.46. The van der Waals surface area contributed by atoms with Gasteiger partial charge < -0.3 is 20.3 Å². The fourth-order valence-electron chi connectivity index (χ4n) is 3.93. The van der Waals surface area contributed by atoms with Crippen LogP contribution >= 0.6 is 22.6 Å². The standard InChI is InChI=1S/C24H21FINO4/c25-19-10-5-11-20(26)22(19)23(29)21(28)12-27-24(30)31-13-18-16-8-3-1-6-14(16)15-7-2-4-9-17(15)18/h1-11,18,21,23,28-29H,12-13H2,(H,27,30). The van der Waals surface area contributed by atoms with Crippen molar-refractivity contribution in [2.75, 3.05) is 13.2 Å². The number of halogens is 2. The molecule has 160 valence electrons. The Morgan fingerprint density at radius 2 is 1.61 bits per heavy atom. The minimum absolute atomic E-state index is 0.00457. The van der Waals surface area contributed by atoms with E-state index in [1.54, 1.807) is 6.07 Å². The van der Waals surface area contributed by atoms with E-state index in [0.717, 1.165) is 22.3 Å². The second-order valence-corrected chi connectivity index (χ2v) is 8.52. The monoisotopic (exact) mass is 533 g/mol. The Kier molecular flexibility index (Phi) is 6.54. The van der Waals surface area contributed by atoms with Crippen molar-refractivity contribution in [3.8, 4) is 11.1 Å². The van der Waals surface area contributed by atoms with E-state index in [0.29, 0.717) is 3.57 Å². The van der Waals surface area contributed by atoms with Gasteiger partial charge in [-0.25, -0.2) is 9.18 Å². The molecule has 0 spiro atoms. The third-order valence-corrected chi connectivity index (χ3v) is 6.40. The molecule has 0 fully saturated rings. The van der Waals surface area contributed by atoms with Gasteiger partial charge in [0.2, 0.25) is 0 Å². The lowest BCUT2D eigenvalue weighted by molar-refractivity contribution is 0.0160. The topological polar surface area (TPSA) is 78.8 Å². The number of rotatable bonds is 6. The van der Waals surface area contributed by atoms with Crippen LogP contribution in [0.15, 0.2) is 66.7 Å². The van der Waals surface area contributed by atoms with E-state index >= 15 is 0 Å². The van der Waals surface area contributed by atoms with Crippen molar-refractivity contribution in [1.82, 2.24) is 5.32 Å². The molecule has 1 aliphatic carbocycles. The summed E-state index contributed by atoms with van der Waals surface area (Å²) < 4.78 is 19.9. The Balaban J connectivity index is 1.36. The number of ether oxygens (including phenoxy) is 1. The van der Waals surface area contributed by atoms with Crippen molar-refractivity contribution in [1.29, 1.82) is 0 Å². The summed E-state index contributed by atoms with van der Waals surface area (Å²) in [6, 6.07) is 20.4. The summed E-state index contributed by atoms with van der Waals surface area (Å²) in [7, 11) is 0. The van der Waals surface area contributed by atoms with Gasteiger partial charge in [0.1, 0.15) is 24.6 Å². The number of alkyl carbamates (subject to hydrolysis) is 1. The molecular weight excluding hydrogens is 512 g/mol. The molecule has 7 heteroatoms. The van der Waals surface area contributed by atoms with Crippen molar-refractivity contribution in [2.45, 2.75) is 18.1 Å². The molecule has 1 aliphatic rings. The van der Waals surface area contributed by atoms with Gasteiger partial charge >= 0.3 is 6.09 Å². The number of benzene rings is 3. The predicted molar refractivity (Wildman–Crippen MR) is 123 cm³/mol. The smallest absolute Gasteiger partial charge is 0.407 e. The number of aliphatic hydroxyl groups excluding tert-OH is 2. The Morgan fingerprint density at radius 1 is 1.00 bits per heavy atom. The van der Waals surface area contributed by atoms with Gasteiger partial charge in [-0.2, -0.15) is 0 Å². The highest BCUT2D eigenvalue weighted by molar-refractivity contribution is 14.1. The van der Waals surface area contributed by atoms with E-state index in [9.17, 15) is 19.4 Å². The molecule has 5 nitrogen and oxygen atoms in total. The van der Waals surface area contributed by atoms with E-state index in [4.69, 9.17) is 4.74 Å². The first-order valence-electron chi connectivity index (χ1n) is 9.86. The van der Waals surface area contributed by atoms with Crippen molar-refractivity contribution >= 4 is 28.7 Å². The maximum Gasteiger partial charge on any atom is 0.407 e. The molecule has 2 unspecified atom stereocenters. The predicted octanol–water partition coefficient (Wildman–Crippen LogP) is 4.36. The fraction of sp³-hybridized carbons (Fsp3) is 0.208. The van der Waals surface area contributed by atoms with E-state index in [1.165, 1.54) is 12.1 Å². The van der Waals surface area contributed by atoms with Crippen LogP contribution in [0.5, 0.6) is 0 Å². The summed E-state index contributed by atoms with van der Waals surface area (Å²) in [6.45, 7) is -0.133. The summed E-state index contributed by atoms with van der Waals surface area (Å²) in [5, 5.41) is 23.0. The molecule has 3 aromatic rings. The van der Waals surface area contributed by atoms with Gasteiger partial charge in [-0.1, -0.05) is 54.6 Å². The van der Waals surface area contributed by atoms with Crippen LogP contribution in [-0.4, -0.2) is 35.6 Å². The largest absolute Gasteiger partial charge is 0.449 e. The van der Waals surface area contributed by atoms with Gasteiger partial charge in [-0.15, -0.1) is 0 Å². The van der Waals surface area contributed by atoms with Crippen LogP contribution in [0.2, 0.25) is 0 Å². The number of fused-ring (bicyclic) bond motifs is 3. The van der Waals surface area contributed by atoms with Crippen molar-refractivity contribution in [2.24, 2.45) is 0 Å². The van der Waals surface area contributed by atoms with Gasteiger partial charge in [0.15, 0.2) is 0 Å². The van der Waals surface area contributed by atoms with Crippen LogP contribution in [0.1, 0.15) is 28.7 Å².